The summed E-state index contributed by atoms with van der Waals surface area (Å²) in [6.45, 7) is 6.85. The molecule has 0 aromatic carbocycles. The van der Waals surface area contributed by atoms with Gasteiger partial charge in [0.1, 0.15) is 11.7 Å². The molecule has 2 aromatic heterocycles. The minimum atomic E-state index is -0.408. The molecule has 1 aliphatic heterocycles. The van der Waals surface area contributed by atoms with Crippen molar-refractivity contribution in [2.45, 2.75) is 39.3 Å². The number of aromatic nitrogens is 2. The third kappa shape index (κ3) is 6.70. The first-order chi connectivity index (χ1) is 16.8. The number of rotatable bonds is 6. The molecule has 3 heterocycles. The number of aliphatic hydroxyl groups excluding tert-OH is 1. The van der Waals surface area contributed by atoms with Gasteiger partial charge in [-0.05, 0) is 31.5 Å². The van der Waals surface area contributed by atoms with Crippen molar-refractivity contribution < 1.29 is 19.4 Å². The van der Waals surface area contributed by atoms with Crippen molar-refractivity contribution >= 4 is 11.9 Å². The molecule has 9 nitrogen and oxygen atoms in total. The summed E-state index contributed by atoms with van der Waals surface area (Å²) in [5.74, 6) is 5.88. The fraction of sp³-hybridized carbons (Fsp3) is 0.462. The normalized spacial score (nSPS) is 18.2. The molecular formula is C26H33N5O4. The highest BCUT2D eigenvalue weighted by atomic mass is 16.5. The Bertz CT molecular complexity index is 1080. The third-order valence-corrected chi connectivity index (χ3v) is 5.88. The standard InChI is InChI=1S/C26H33N5O4/c1-5-10-28-26(34)30(4)16-23-18(2)15-31(19(3)17-32)25(33)22-13-21(14-29-24(22)35-23)7-6-20-8-11-27-12-9-20/h8-9,11-14,18-19,23,32H,5,10,15-17H2,1-4H3,(H,28,34)/t18-,19+,23+/m0/s1. The van der Waals surface area contributed by atoms with E-state index in [1.54, 1.807) is 60.6 Å². The van der Waals surface area contributed by atoms with Crippen molar-refractivity contribution in [3.05, 3.63) is 53.5 Å². The van der Waals surface area contributed by atoms with Gasteiger partial charge in [0, 0.05) is 55.8 Å². The van der Waals surface area contributed by atoms with Crippen molar-refractivity contribution in [2.24, 2.45) is 5.92 Å². The molecule has 0 bridgehead atoms. The second kappa shape index (κ2) is 12.2. The molecule has 35 heavy (non-hydrogen) atoms. The Labute approximate surface area is 206 Å². The summed E-state index contributed by atoms with van der Waals surface area (Å²) in [7, 11) is 1.71. The number of aliphatic hydroxyl groups is 1. The Morgan fingerprint density at radius 1 is 1.34 bits per heavy atom. The van der Waals surface area contributed by atoms with Gasteiger partial charge in [0.05, 0.1) is 19.2 Å². The molecule has 0 saturated carbocycles. The molecule has 3 amide bonds. The third-order valence-electron chi connectivity index (χ3n) is 5.88. The van der Waals surface area contributed by atoms with E-state index in [1.165, 1.54) is 0 Å². The van der Waals surface area contributed by atoms with E-state index in [2.05, 4.69) is 27.1 Å². The molecule has 9 heteroatoms. The van der Waals surface area contributed by atoms with Crippen LogP contribution < -0.4 is 10.1 Å². The van der Waals surface area contributed by atoms with Crippen LogP contribution in [0.5, 0.6) is 5.88 Å². The molecule has 0 radical (unpaired) electrons. The maximum absolute atomic E-state index is 13.5. The largest absolute Gasteiger partial charge is 0.472 e. The molecule has 2 aromatic rings. The maximum Gasteiger partial charge on any atom is 0.317 e. The highest BCUT2D eigenvalue weighted by Crippen LogP contribution is 2.27. The van der Waals surface area contributed by atoms with Crippen LogP contribution in [0.25, 0.3) is 0 Å². The van der Waals surface area contributed by atoms with Crippen molar-refractivity contribution in [1.82, 2.24) is 25.1 Å². The van der Waals surface area contributed by atoms with Gasteiger partial charge in [0.2, 0.25) is 5.88 Å². The van der Waals surface area contributed by atoms with E-state index in [9.17, 15) is 14.7 Å². The average Bonchev–Trinajstić information content (AvgIpc) is 2.88. The average molecular weight is 480 g/mol. The van der Waals surface area contributed by atoms with Crippen LogP contribution in [0.1, 0.15) is 48.7 Å². The molecule has 0 aliphatic carbocycles. The van der Waals surface area contributed by atoms with Gasteiger partial charge in [0.25, 0.3) is 5.91 Å². The number of amides is 3. The monoisotopic (exact) mass is 479 g/mol. The first-order valence-electron chi connectivity index (χ1n) is 11.8. The number of carbonyl (C=O) groups excluding carboxylic acids is 2. The topological polar surface area (TPSA) is 108 Å². The number of carbonyl (C=O) groups is 2. The van der Waals surface area contributed by atoms with Crippen LogP contribution in [0.4, 0.5) is 4.79 Å². The van der Waals surface area contributed by atoms with Crippen molar-refractivity contribution in [3.8, 4) is 17.7 Å². The highest BCUT2D eigenvalue weighted by Gasteiger charge is 2.34. The maximum atomic E-state index is 13.5. The van der Waals surface area contributed by atoms with Crippen LogP contribution in [-0.2, 0) is 0 Å². The van der Waals surface area contributed by atoms with E-state index in [4.69, 9.17) is 4.74 Å². The Hall–Kier alpha value is -3.64. The Balaban J connectivity index is 1.93. The summed E-state index contributed by atoms with van der Waals surface area (Å²) < 4.78 is 6.23. The zero-order chi connectivity index (χ0) is 25.4. The number of ether oxygens (including phenoxy) is 1. The number of hydrogen-bond acceptors (Lipinski definition) is 6. The van der Waals surface area contributed by atoms with Gasteiger partial charge < -0.3 is 25.0 Å². The zero-order valence-electron chi connectivity index (χ0n) is 20.7. The molecule has 3 atom stereocenters. The van der Waals surface area contributed by atoms with Crippen LogP contribution >= 0.6 is 0 Å². The fourth-order valence-electron chi connectivity index (χ4n) is 3.69. The quantitative estimate of drug-likeness (QED) is 0.615. The predicted molar refractivity (Wildman–Crippen MR) is 132 cm³/mol. The van der Waals surface area contributed by atoms with E-state index in [0.717, 1.165) is 12.0 Å². The Morgan fingerprint density at radius 2 is 2.06 bits per heavy atom. The molecule has 0 saturated heterocycles. The van der Waals surface area contributed by atoms with E-state index in [1.807, 2.05) is 13.8 Å². The van der Waals surface area contributed by atoms with Crippen LogP contribution in [0.15, 0.2) is 36.8 Å². The molecule has 186 valence electrons. The molecule has 0 spiro atoms. The lowest BCUT2D eigenvalue weighted by Gasteiger charge is -2.37. The number of hydrogen-bond donors (Lipinski definition) is 2. The lowest BCUT2D eigenvalue weighted by molar-refractivity contribution is 0.0352. The van der Waals surface area contributed by atoms with Crippen molar-refractivity contribution in [3.63, 3.8) is 0 Å². The lowest BCUT2D eigenvalue weighted by Crippen LogP contribution is -2.51. The Kier molecular flexibility index (Phi) is 9.04. The molecule has 3 rings (SSSR count). The Morgan fingerprint density at radius 3 is 2.74 bits per heavy atom. The van der Waals surface area contributed by atoms with E-state index < -0.39 is 12.1 Å². The van der Waals surface area contributed by atoms with E-state index >= 15 is 0 Å². The molecule has 0 unspecified atom stereocenters. The van der Waals surface area contributed by atoms with Gasteiger partial charge in [-0.1, -0.05) is 25.7 Å². The fourth-order valence-corrected chi connectivity index (χ4v) is 3.69. The van der Waals surface area contributed by atoms with Gasteiger partial charge in [-0.3, -0.25) is 9.78 Å². The first kappa shape index (κ1) is 26.0. The molecule has 1 aliphatic rings. The second-order valence-electron chi connectivity index (χ2n) is 8.80. The predicted octanol–water partition coefficient (Wildman–Crippen LogP) is 2.15. The summed E-state index contributed by atoms with van der Waals surface area (Å²) in [5, 5.41) is 12.7. The SMILES string of the molecule is CCCNC(=O)N(C)C[C@H]1Oc2ncc(C#Cc3ccncc3)cc2C(=O)N([C@H](C)CO)C[C@@H]1C. The number of nitrogens with one attached hydrogen (secondary N) is 1. The van der Waals surface area contributed by atoms with Crippen molar-refractivity contribution in [1.29, 1.82) is 0 Å². The minimum Gasteiger partial charge on any atom is -0.472 e. The van der Waals surface area contributed by atoms with Gasteiger partial charge in [-0.25, -0.2) is 9.78 Å². The first-order valence-corrected chi connectivity index (χ1v) is 11.8. The second-order valence-corrected chi connectivity index (χ2v) is 8.80. The van der Waals surface area contributed by atoms with Crippen molar-refractivity contribution in [2.75, 3.05) is 33.3 Å². The summed E-state index contributed by atoms with van der Waals surface area (Å²) in [5.41, 5.74) is 1.64. The van der Waals surface area contributed by atoms with Gasteiger partial charge in [-0.2, -0.15) is 0 Å². The number of nitrogens with zero attached hydrogens (tertiary/aromatic N) is 4. The van der Waals surface area contributed by atoms with Gasteiger partial charge in [-0.15, -0.1) is 0 Å². The number of pyridine rings is 2. The van der Waals surface area contributed by atoms with Gasteiger partial charge in [0.15, 0.2) is 0 Å². The van der Waals surface area contributed by atoms with E-state index in [0.29, 0.717) is 25.2 Å². The minimum absolute atomic E-state index is 0.115. The number of fused-ring (bicyclic) bond motifs is 1. The number of likely N-dealkylation sites (N-methyl/N-ethyl adjacent to an activating group) is 1. The zero-order valence-corrected chi connectivity index (χ0v) is 20.7. The van der Waals surface area contributed by atoms with Crippen LogP contribution in [0.3, 0.4) is 0 Å². The van der Waals surface area contributed by atoms with Crippen LogP contribution in [0.2, 0.25) is 0 Å². The molecular weight excluding hydrogens is 446 g/mol. The molecule has 2 N–H and O–H groups in total. The summed E-state index contributed by atoms with van der Waals surface area (Å²) in [6, 6.07) is 4.68. The lowest BCUT2D eigenvalue weighted by atomic mass is 10.00. The van der Waals surface area contributed by atoms with Gasteiger partial charge >= 0.3 is 6.03 Å². The van der Waals surface area contributed by atoms with Crippen LogP contribution in [-0.4, -0.2) is 82.2 Å². The van der Waals surface area contributed by atoms with E-state index in [-0.39, 0.29) is 35.9 Å². The van der Waals surface area contributed by atoms with Crippen LogP contribution in [0, 0.1) is 17.8 Å². The summed E-state index contributed by atoms with van der Waals surface area (Å²) >= 11 is 0. The number of urea groups is 1. The highest BCUT2D eigenvalue weighted by molar-refractivity contribution is 5.97. The summed E-state index contributed by atoms with van der Waals surface area (Å²) in [6.07, 6.45) is 5.33. The summed E-state index contributed by atoms with van der Waals surface area (Å²) in [4.78, 5) is 37.5. The smallest absolute Gasteiger partial charge is 0.317 e. The molecule has 0 fully saturated rings.